The molecule has 74 valence electrons. The van der Waals surface area contributed by atoms with E-state index < -0.39 is 0 Å². The summed E-state index contributed by atoms with van der Waals surface area (Å²) in [5, 5.41) is 0. The van der Waals surface area contributed by atoms with Crippen LogP contribution in [0.4, 0.5) is 0 Å². The molecule has 0 aliphatic carbocycles. The number of hydrogen-bond acceptors (Lipinski definition) is 1. The molecular formula is C12H21N. The summed E-state index contributed by atoms with van der Waals surface area (Å²) >= 11 is 0. The molecule has 0 bridgehead atoms. The predicted molar refractivity (Wildman–Crippen MR) is 59.9 cm³/mol. The molecule has 0 atom stereocenters. The van der Waals surface area contributed by atoms with E-state index >= 15 is 0 Å². The van der Waals surface area contributed by atoms with Crippen LogP contribution >= 0.6 is 0 Å². The molecule has 0 aliphatic heterocycles. The molecule has 0 radical (unpaired) electrons. The van der Waals surface area contributed by atoms with Crippen molar-refractivity contribution >= 4 is 0 Å². The molecule has 0 amide bonds. The highest BCUT2D eigenvalue weighted by molar-refractivity contribution is 5.23. The van der Waals surface area contributed by atoms with Gasteiger partial charge in [-0.1, -0.05) is 58.0 Å². The molecule has 1 aromatic rings. The summed E-state index contributed by atoms with van der Waals surface area (Å²) in [6.07, 6.45) is 0. The van der Waals surface area contributed by atoms with Crippen LogP contribution in [0.15, 0.2) is 30.3 Å². The highest BCUT2D eigenvalue weighted by Crippen LogP contribution is 2.20. The number of benzene rings is 1. The van der Waals surface area contributed by atoms with Crippen LogP contribution < -0.4 is 5.73 Å². The summed E-state index contributed by atoms with van der Waals surface area (Å²) in [6.45, 7) is 9.00. The molecule has 1 rings (SSSR count). The molecule has 13 heavy (non-hydrogen) atoms. The van der Waals surface area contributed by atoms with E-state index in [2.05, 4.69) is 26.0 Å². The first-order valence-corrected chi connectivity index (χ1v) is 4.92. The molecular weight excluding hydrogens is 158 g/mol. The van der Waals surface area contributed by atoms with E-state index in [1.54, 1.807) is 0 Å². The lowest BCUT2D eigenvalue weighted by Gasteiger charge is -2.22. The van der Waals surface area contributed by atoms with Gasteiger partial charge in [0.05, 0.1) is 0 Å². The second-order valence-electron chi connectivity index (χ2n) is 3.45. The maximum Gasteiger partial charge on any atom is 0.00190 e. The quantitative estimate of drug-likeness (QED) is 0.742. The highest BCUT2D eigenvalue weighted by atomic mass is 14.6. The van der Waals surface area contributed by atoms with Crippen molar-refractivity contribution in [2.45, 2.75) is 33.1 Å². The van der Waals surface area contributed by atoms with Gasteiger partial charge in [-0.25, -0.2) is 0 Å². The SMILES string of the molecule is CC.CC(C)(CN)c1ccccc1. The molecule has 0 unspecified atom stereocenters. The Morgan fingerprint density at radius 1 is 1.08 bits per heavy atom. The summed E-state index contributed by atoms with van der Waals surface area (Å²) in [4.78, 5) is 0. The largest absolute Gasteiger partial charge is 0.330 e. The number of rotatable bonds is 2. The van der Waals surface area contributed by atoms with E-state index in [0.29, 0.717) is 6.54 Å². The van der Waals surface area contributed by atoms with Gasteiger partial charge in [0, 0.05) is 12.0 Å². The number of hydrogen-bond donors (Lipinski definition) is 1. The second-order valence-corrected chi connectivity index (χ2v) is 3.45. The van der Waals surface area contributed by atoms with Gasteiger partial charge >= 0.3 is 0 Å². The van der Waals surface area contributed by atoms with Gasteiger partial charge in [-0.15, -0.1) is 0 Å². The van der Waals surface area contributed by atoms with Crippen molar-refractivity contribution in [3.8, 4) is 0 Å². The fourth-order valence-corrected chi connectivity index (χ4v) is 1.01. The third-order valence-corrected chi connectivity index (χ3v) is 2.07. The van der Waals surface area contributed by atoms with Gasteiger partial charge < -0.3 is 5.73 Å². The summed E-state index contributed by atoms with van der Waals surface area (Å²) in [5.41, 5.74) is 7.06. The van der Waals surface area contributed by atoms with Crippen molar-refractivity contribution < 1.29 is 0 Å². The second kappa shape index (κ2) is 5.76. The first-order valence-electron chi connectivity index (χ1n) is 4.92. The van der Waals surface area contributed by atoms with Crippen LogP contribution in [-0.2, 0) is 5.41 Å². The minimum atomic E-state index is 0.112. The minimum absolute atomic E-state index is 0.112. The normalized spacial score (nSPS) is 10.2. The average Bonchev–Trinajstić information content (AvgIpc) is 2.22. The minimum Gasteiger partial charge on any atom is -0.330 e. The molecule has 0 saturated carbocycles. The van der Waals surface area contributed by atoms with E-state index in [1.165, 1.54) is 5.56 Å². The molecule has 0 spiro atoms. The number of nitrogens with two attached hydrogens (primary N) is 1. The lowest BCUT2D eigenvalue weighted by atomic mass is 9.85. The first-order chi connectivity index (χ1) is 6.17. The Balaban J connectivity index is 0.000000671. The third-order valence-electron chi connectivity index (χ3n) is 2.07. The molecule has 0 saturated heterocycles. The van der Waals surface area contributed by atoms with E-state index in [1.807, 2.05) is 32.0 Å². The fraction of sp³-hybridized carbons (Fsp3) is 0.500. The van der Waals surface area contributed by atoms with E-state index in [9.17, 15) is 0 Å². The molecule has 0 fully saturated rings. The summed E-state index contributed by atoms with van der Waals surface area (Å²) in [7, 11) is 0. The summed E-state index contributed by atoms with van der Waals surface area (Å²) in [6, 6.07) is 10.4. The van der Waals surface area contributed by atoms with Crippen LogP contribution in [0, 0.1) is 0 Å². The molecule has 0 aromatic heterocycles. The maximum atomic E-state index is 5.64. The topological polar surface area (TPSA) is 26.0 Å². The van der Waals surface area contributed by atoms with Crippen LogP contribution in [0.3, 0.4) is 0 Å². The smallest absolute Gasteiger partial charge is 0.00190 e. The zero-order valence-corrected chi connectivity index (χ0v) is 9.17. The molecule has 0 heterocycles. The zero-order valence-electron chi connectivity index (χ0n) is 9.17. The van der Waals surface area contributed by atoms with Crippen molar-refractivity contribution in [2.75, 3.05) is 6.54 Å². The van der Waals surface area contributed by atoms with Gasteiger partial charge in [0.1, 0.15) is 0 Å². The van der Waals surface area contributed by atoms with Crippen molar-refractivity contribution in [2.24, 2.45) is 5.73 Å². The Morgan fingerprint density at radius 3 is 1.92 bits per heavy atom. The zero-order chi connectivity index (χ0) is 10.3. The monoisotopic (exact) mass is 179 g/mol. The van der Waals surface area contributed by atoms with Gasteiger partial charge in [-0.3, -0.25) is 0 Å². The molecule has 1 heteroatoms. The molecule has 1 nitrogen and oxygen atoms in total. The molecule has 1 aromatic carbocycles. The van der Waals surface area contributed by atoms with Crippen LogP contribution in [0.25, 0.3) is 0 Å². The Kier molecular flexibility index (Phi) is 5.40. The first kappa shape index (κ1) is 12.2. The van der Waals surface area contributed by atoms with Crippen molar-refractivity contribution in [1.82, 2.24) is 0 Å². The van der Waals surface area contributed by atoms with Gasteiger partial charge in [0.25, 0.3) is 0 Å². The average molecular weight is 179 g/mol. The Hall–Kier alpha value is -0.820. The Bertz CT molecular complexity index is 214. The standard InChI is InChI=1S/C10H15N.C2H6/c1-10(2,8-11)9-6-4-3-5-7-9;1-2/h3-7H,8,11H2,1-2H3;1-2H3. The summed E-state index contributed by atoms with van der Waals surface area (Å²) < 4.78 is 0. The van der Waals surface area contributed by atoms with Crippen LogP contribution in [0.2, 0.25) is 0 Å². The lowest BCUT2D eigenvalue weighted by Crippen LogP contribution is -2.27. The maximum absolute atomic E-state index is 5.64. The van der Waals surface area contributed by atoms with Gasteiger partial charge in [-0.05, 0) is 5.56 Å². The van der Waals surface area contributed by atoms with Gasteiger partial charge in [0.15, 0.2) is 0 Å². The van der Waals surface area contributed by atoms with Gasteiger partial charge in [-0.2, -0.15) is 0 Å². The van der Waals surface area contributed by atoms with Crippen molar-refractivity contribution in [3.05, 3.63) is 35.9 Å². The van der Waals surface area contributed by atoms with E-state index in [0.717, 1.165) is 0 Å². The van der Waals surface area contributed by atoms with Crippen LogP contribution in [-0.4, -0.2) is 6.54 Å². The Morgan fingerprint density at radius 2 is 1.54 bits per heavy atom. The third kappa shape index (κ3) is 3.60. The highest BCUT2D eigenvalue weighted by Gasteiger charge is 2.16. The predicted octanol–water partition coefficient (Wildman–Crippen LogP) is 2.95. The molecule has 0 aliphatic rings. The Labute approximate surface area is 82.0 Å². The molecule has 2 N–H and O–H groups in total. The van der Waals surface area contributed by atoms with Gasteiger partial charge in [0.2, 0.25) is 0 Å². The summed E-state index contributed by atoms with van der Waals surface area (Å²) in [5.74, 6) is 0. The van der Waals surface area contributed by atoms with E-state index in [-0.39, 0.29) is 5.41 Å². The lowest BCUT2D eigenvalue weighted by molar-refractivity contribution is 0.539. The van der Waals surface area contributed by atoms with Crippen molar-refractivity contribution in [3.63, 3.8) is 0 Å². The fourth-order valence-electron chi connectivity index (χ4n) is 1.01. The van der Waals surface area contributed by atoms with E-state index in [4.69, 9.17) is 5.73 Å². The van der Waals surface area contributed by atoms with Crippen LogP contribution in [0.1, 0.15) is 33.3 Å². The van der Waals surface area contributed by atoms with Crippen LogP contribution in [0.5, 0.6) is 0 Å². The van der Waals surface area contributed by atoms with Crippen molar-refractivity contribution in [1.29, 1.82) is 0 Å².